The molecule has 6 nitrogen and oxygen atoms in total. The van der Waals surface area contributed by atoms with Crippen LogP contribution < -0.4 is 5.32 Å². The summed E-state index contributed by atoms with van der Waals surface area (Å²) in [7, 11) is 0. The molecule has 0 saturated heterocycles. The van der Waals surface area contributed by atoms with Crippen LogP contribution in [0.4, 0.5) is 5.69 Å². The van der Waals surface area contributed by atoms with Gasteiger partial charge in [-0.05, 0) is 57.2 Å². The number of nitrogens with zero attached hydrogens (tertiary/aromatic N) is 2. The largest absolute Gasteiger partial charge is 0.459 e. The van der Waals surface area contributed by atoms with E-state index in [2.05, 4.69) is 15.3 Å². The lowest BCUT2D eigenvalue weighted by Crippen LogP contribution is -2.14. The molecule has 0 atom stereocenters. The normalized spacial score (nSPS) is 10.8. The van der Waals surface area contributed by atoms with E-state index >= 15 is 0 Å². The van der Waals surface area contributed by atoms with Gasteiger partial charge in [-0.3, -0.25) is 14.8 Å². The summed E-state index contributed by atoms with van der Waals surface area (Å²) in [6.45, 7) is 5.43. The molecule has 3 aromatic rings. The van der Waals surface area contributed by atoms with Gasteiger partial charge in [-0.25, -0.2) is 4.79 Å². The number of fused-ring (bicyclic) bond motifs is 1. The topological polar surface area (TPSA) is 81.2 Å². The van der Waals surface area contributed by atoms with E-state index in [0.29, 0.717) is 27.8 Å². The average Bonchev–Trinajstić information content (AvgIpc) is 2.61. The van der Waals surface area contributed by atoms with Gasteiger partial charge in [0.15, 0.2) is 0 Å². The minimum Gasteiger partial charge on any atom is -0.459 e. The van der Waals surface area contributed by atoms with Gasteiger partial charge in [0.25, 0.3) is 5.91 Å². The number of carbonyl (C=O) groups is 2. The maximum atomic E-state index is 12.4. The zero-order valence-electron chi connectivity index (χ0n) is 14.8. The standard InChI is InChI=1S/C20H19N3O3/c1-12(2)26-20(25)14-7-8-16-15(11-14)18(10-13(3)22-16)23-19(24)17-6-4-5-9-21-17/h4-12H,1-3H3,(H,22,23,24). The fourth-order valence-corrected chi connectivity index (χ4v) is 2.55. The van der Waals surface area contributed by atoms with Crippen LogP contribution in [0.5, 0.6) is 0 Å². The highest BCUT2D eigenvalue weighted by Crippen LogP contribution is 2.25. The summed E-state index contributed by atoms with van der Waals surface area (Å²) in [6, 6.07) is 12.0. The van der Waals surface area contributed by atoms with Gasteiger partial charge in [-0.1, -0.05) is 6.07 Å². The van der Waals surface area contributed by atoms with Crippen LogP contribution in [0.15, 0.2) is 48.7 Å². The molecule has 2 heterocycles. The predicted octanol–water partition coefficient (Wildman–Crippen LogP) is 3.76. The summed E-state index contributed by atoms with van der Waals surface area (Å²) < 4.78 is 5.24. The van der Waals surface area contributed by atoms with Crippen LogP contribution in [-0.2, 0) is 4.74 Å². The molecular weight excluding hydrogens is 330 g/mol. The van der Waals surface area contributed by atoms with Gasteiger partial charge in [-0.2, -0.15) is 0 Å². The summed E-state index contributed by atoms with van der Waals surface area (Å²) in [5.74, 6) is -0.739. The van der Waals surface area contributed by atoms with Gasteiger partial charge in [0.2, 0.25) is 0 Å². The van der Waals surface area contributed by atoms with Crippen molar-refractivity contribution < 1.29 is 14.3 Å². The third-order valence-electron chi connectivity index (χ3n) is 3.66. The minimum absolute atomic E-state index is 0.210. The number of amides is 1. The number of aryl methyl sites for hydroxylation is 1. The third-order valence-corrected chi connectivity index (χ3v) is 3.66. The number of anilines is 1. The molecule has 0 fully saturated rings. The molecule has 132 valence electrons. The van der Waals surface area contributed by atoms with Gasteiger partial charge in [0.05, 0.1) is 22.9 Å². The second-order valence-electron chi connectivity index (χ2n) is 6.17. The SMILES string of the molecule is Cc1cc(NC(=O)c2ccccn2)c2cc(C(=O)OC(C)C)ccc2n1. The van der Waals surface area contributed by atoms with Crippen molar-refractivity contribution in [2.45, 2.75) is 26.9 Å². The Morgan fingerprint density at radius 2 is 1.92 bits per heavy atom. The first-order chi connectivity index (χ1) is 12.4. The Bertz CT molecular complexity index is 969. The number of hydrogen-bond acceptors (Lipinski definition) is 5. The fourth-order valence-electron chi connectivity index (χ4n) is 2.55. The van der Waals surface area contributed by atoms with Gasteiger partial charge in [0.1, 0.15) is 5.69 Å². The molecule has 2 aromatic heterocycles. The molecule has 0 saturated carbocycles. The van der Waals surface area contributed by atoms with Crippen molar-refractivity contribution in [1.29, 1.82) is 0 Å². The number of esters is 1. The van der Waals surface area contributed by atoms with Crippen molar-refractivity contribution in [1.82, 2.24) is 9.97 Å². The first-order valence-electron chi connectivity index (χ1n) is 8.29. The number of rotatable bonds is 4. The van der Waals surface area contributed by atoms with Crippen molar-refractivity contribution in [2.24, 2.45) is 0 Å². The fraction of sp³-hybridized carbons (Fsp3) is 0.200. The average molecular weight is 349 g/mol. The molecule has 0 unspecified atom stereocenters. The van der Waals surface area contributed by atoms with Crippen molar-refractivity contribution in [3.05, 3.63) is 65.6 Å². The number of hydrogen-bond donors (Lipinski definition) is 1. The predicted molar refractivity (Wildman–Crippen MR) is 99.2 cm³/mol. The van der Waals surface area contributed by atoms with Gasteiger partial charge in [-0.15, -0.1) is 0 Å². The molecule has 0 aliphatic carbocycles. The van der Waals surface area contributed by atoms with Gasteiger partial charge >= 0.3 is 5.97 Å². The van der Waals surface area contributed by atoms with Gasteiger partial charge in [0, 0.05) is 17.3 Å². The molecule has 26 heavy (non-hydrogen) atoms. The first kappa shape index (κ1) is 17.5. The summed E-state index contributed by atoms with van der Waals surface area (Å²) >= 11 is 0. The van der Waals surface area contributed by atoms with Crippen molar-refractivity contribution in [3.8, 4) is 0 Å². The molecular formula is C20H19N3O3. The molecule has 0 aliphatic heterocycles. The van der Waals surface area contributed by atoms with E-state index in [0.717, 1.165) is 5.69 Å². The zero-order chi connectivity index (χ0) is 18.7. The zero-order valence-corrected chi connectivity index (χ0v) is 14.8. The summed E-state index contributed by atoms with van der Waals surface area (Å²) in [5.41, 5.74) is 2.73. The molecule has 1 N–H and O–H groups in total. The van der Waals surface area contributed by atoms with Gasteiger partial charge < -0.3 is 10.1 Å². The number of benzene rings is 1. The molecule has 1 amide bonds. The monoisotopic (exact) mass is 349 g/mol. The molecule has 0 aliphatic rings. The highest BCUT2D eigenvalue weighted by molar-refractivity contribution is 6.08. The van der Waals surface area contributed by atoms with Crippen LogP contribution in [0.3, 0.4) is 0 Å². The molecule has 0 bridgehead atoms. The Morgan fingerprint density at radius 3 is 2.62 bits per heavy atom. The Morgan fingerprint density at radius 1 is 1.12 bits per heavy atom. The van der Waals surface area contributed by atoms with Crippen molar-refractivity contribution in [2.75, 3.05) is 5.32 Å². The van der Waals surface area contributed by atoms with Crippen LogP contribution in [0.1, 0.15) is 40.4 Å². The quantitative estimate of drug-likeness (QED) is 0.725. The highest BCUT2D eigenvalue weighted by Gasteiger charge is 2.14. The third kappa shape index (κ3) is 3.85. The molecule has 6 heteroatoms. The lowest BCUT2D eigenvalue weighted by atomic mass is 10.1. The van der Waals surface area contributed by atoms with E-state index in [9.17, 15) is 9.59 Å². The van der Waals surface area contributed by atoms with Crippen molar-refractivity contribution >= 4 is 28.5 Å². The van der Waals surface area contributed by atoms with Crippen LogP contribution in [0.25, 0.3) is 10.9 Å². The van der Waals surface area contributed by atoms with E-state index in [1.54, 1.807) is 62.5 Å². The Kier molecular flexibility index (Phi) is 4.93. The number of ether oxygens (including phenoxy) is 1. The van der Waals surface area contributed by atoms with Crippen molar-refractivity contribution in [3.63, 3.8) is 0 Å². The number of aromatic nitrogens is 2. The second-order valence-corrected chi connectivity index (χ2v) is 6.17. The minimum atomic E-state index is -0.413. The molecule has 3 rings (SSSR count). The molecule has 1 aromatic carbocycles. The van der Waals surface area contributed by atoms with E-state index in [-0.39, 0.29) is 12.0 Å². The Labute approximate surface area is 151 Å². The number of pyridine rings is 2. The maximum Gasteiger partial charge on any atom is 0.338 e. The summed E-state index contributed by atoms with van der Waals surface area (Å²) in [6.07, 6.45) is 1.35. The van der Waals surface area contributed by atoms with E-state index < -0.39 is 5.97 Å². The number of nitrogens with one attached hydrogen (secondary N) is 1. The first-order valence-corrected chi connectivity index (χ1v) is 8.29. The molecule has 0 spiro atoms. The maximum absolute atomic E-state index is 12.4. The van der Waals surface area contributed by atoms with Crippen LogP contribution in [0, 0.1) is 6.92 Å². The number of carbonyl (C=O) groups excluding carboxylic acids is 2. The van der Waals surface area contributed by atoms with E-state index in [1.165, 1.54) is 0 Å². The Hall–Kier alpha value is -3.28. The van der Waals surface area contributed by atoms with E-state index in [4.69, 9.17) is 4.74 Å². The lowest BCUT2D eigenvalue weighted by Gasteiger charge is -2.12. The second kappa shape index (κ2) is 7.31. The van der Waals surface area contributed by atoms with Crippen LogP contribution in [-0.4, -0.2) is 27.9 Å². The lowest BCUT2D eigenvalue weighted by molar-refractivity contribution is 0.0378. The molecule has 0 radical (unpaired) electrons. The highest BCUT2D eigenvalue weighted by atomic mass is 16.5. The van der Waals surface area contributed by atoms with Crippen LogP contribution in [0.2, 0.25) is 0 Å². The Balaban J connectivity index is 2.00. The summed E-state index contributed by atoms with van der Waals surface area (Å²) in [5, 5.41) is 3.52. The smallest absolute Gasteiger partial charge is 0.338 e. The van der Waals surface area contributed by atoms with E-state index in [1.807, 2.05) is 6.92 Å². The summed E-state index contributed by atoms with van der Waals surface area (Å²) in [4.78, 5) is 33.1. The van der Waals surface area contributed by atoms with Crippen LogP contribution >= 0.6 is 0 Å².